The van der Waals surface area contributed by atoms with Gasteiger partial charge in [-0.25, -0.2) is 9.97 Å². The van der Waals surface area contributed by atoms with Gasteiger partial charge in [-0.1, -0.05) is 114 Å². The van der Waals surface area contributed by atoms with Crippen molar-refractivity contribution in [3.8, 4) is 5.82 Å². The van der Waals surface area contributed by atoms with Gasteiger partial charge in [-0.15, -0.1) is 65.8 Å². The standard InChI is InChI=1S/C48H33N6.Pt/c1-51-32-50-47-48(51)53(38-21-9-4-10-22-38)33-52(47)39-23-15-20-36(30-39)46(45(34-16-5-2-6-17-34)35-18-7-3-8-19-35)37-27-28-41-40-24-11-12-25-42(40)54(43(41)31-37)44-26-13-14-29-49-44;/h2-29,32-33H,1H3;/q-3;. The molecule has 6 aromatic carbocycles. The van der Waals surface area contributed by atoms with Crippen molar-refractivity contribution in [3.05, 3.63) is 217 Å². The Hall–Kier alpha value is -6.49. The molecule has 0 unspecified atom stereocenters. The molecule has 0 bridgehead atoms. The monoisotopic (exact) mass is 888 g/mol. The van der Waals surface area contributed by atoms with E-state index < -0.39 is 0 Å². The van der Waals surface area contributed by atoms with Gasteiger partial charge in [0, 0.05) is 45.5 Å². The van der Waals surface area contributed by atoms with Crippen molar-refractivity contribution in [2.24, 2.45) is 7.05 Å². The molecule has 0 saturated heterocycles. The first-order valence-corrected chi connectivity index (χ1v) is 18.0. The quantitative estimate of drug-likeness (QED) is 0.118. The molecule has 0 fully saturated rings. The van der Waals surface area contributed by atoms with Gasteiger partial charge in [-0.3, -0.25) is 0 Å². The number of anilines is 4. The number of imidazole rings is 1. The Morgan fingerprint density at radius 3 is 1.96 bits per heavy atom. The van der Waals surface area contributed by atoms with E-state index in [2.05, 4.69) is 183 Å². The number of aryl methyl sites for hydroxylation is 1. The number of benzene rings is 6. The van der Waals surface area contributed by atoms with Crippen molar-refractivity contribution in [1.29, 1.82) is 0 Å². The molecular weight excluding hydrogens is 856 g/mol. The molecule has 9 aromatic rings. The van der Waals surface area contributed by atoms with Crippen LogP contribution in [0.5, 0.6) is 0 Å². The second-order valence-corrected chi connectivity index (χ2v) is 13.3. The molecule has 0 spiro atoms. The van der Waals surface area contributed by atoms with Crippen molar-refractivity contribution >= 4 is 56.0 Å². The maximum Gasteiger partial charge on any atom is 0.144 e. The molecule has 268 valence electrons. The summed E-state index contributed by atoms with van der Waals surface area (Å²) < 4.78 is 4.28. The zero-order chi connectivity index (χ0) is 36.0. The molecule has 0 aliphatic carbocycles. The number of rotatable bonds is 7. The summed E-state index contributed by atoms with van der Waals surface area (Å²) in [7, 11) is 2.03. The zero-order valence-electron chi connectivity index (χ0n) is 29.8. The Morgan fingerprint density at radius 2 is 1.24 bits per heavy atom. The molecule has 3 aromatic heterocycles. The van der Waals surface area contributed by atoms with E-state index in [1.807, 2.05) is 37.8 Å². The number of hydrogen-bond donors (Lipinski definition) is 0. The van der Waals surface area contributed by atoms with Crippen LogP contribution in [0, 0.1) is 18.8 Å². The van der Waals surface area contributed by atoms with Crippen molar-refractivity contribution < 1.29 is 21.1 Å². The van der Waals surface area contributed by atoms with Crippen LogP contribution in [0.4, 0.5) is 23.0 Å². The van der Waals surface area contributed by atoms with Gasteiger partial charge in [0.1, 0.15) is 17.5 Å². The van der Waals surface area contributed by atoms with Gasteiger partial charge < -0.3 is 18.9 Å². The number of pyridine rings is 1. The Labute approximate surface area is 334 Å². The third-order valence-electron chi connectivity index (χ3n) is 10.0. The normalized spacial score (nSPS) is 12.2. The zero-order valence-corrected chi connectivity index (χ0v) is 32.1. The third kappa shape index (κ3) is 5.96. The van der Waals surface area contributed by atoms with Gasteiger partial charge in [0.25, 0.3) is 0 Å². The smallest absolute Gasteiger partial charge is 0.144 e. The minimum atomic E-state index is 0. The van der Waals surface area contributed by atoms with Crippen molar-refractivity contribution in [2.45, 2.75) is 0 Å². The van der Waals surface area contributed by atoms with Crippen LogP contribution in [0.2, 0.25) is 0 Å². The summed E-state index contributed by atoms with van der Waals surface area (Å²) in [6.45, 7) is 2.10. The summed E-state index contributed by atoms with van der Waals surface area (Å²) in [6, 6.07) is 64.8. The Bertz CT molecular complexity index is 2770. The topological polar surface area (TPSA) is 42.1 Å². The van der Waals surface area contributed by atoms with E-state index in [4.69, 9.17) is 9.97 Å². The number of hydrogen-bond acceptors (Lipinski definition) is 4. The average molecular weight is 889 g/mol. The molecule has 55 heavy (non-hydrogen) atoms. The fraction of sp³-hybridized carbons (Fsp3) is 0.0208. The molecule has 0 amide bonds. The minimum Gasteiger partial charge on any atom is -0.472 e. The molecule has 7 heteroatoms. The van der Waals surface area contributed by atoms with Crippen LogP contribution in [-0.2, 0) is 28.1 Å². The Morgan fingerprint density at radius 1 is 0.564 bits per heavy atom. The SMILES string of the molecule is Cn1cnc2c1N(c1ccccc1)[CH-]N2c1[c-]c(C(=C(c2ccccc2)c2ccccc2)c2[c-]c3c(cc2)c2ccccc2n3-c2ccccn2)ccc1.[Pt]. The van der Waals surface area contributed by atoms with E-state index >= 15 is 0 Å². The van der Waals surface area contributed by atoms with E-state index in [1.54, 1.807) is 0 Å². The number of fused-ring (bicyclic) bond motifs is 4. The summed E-state index contributed by atoms with van der Waals surface area (Å²) in [5, 5.41) is 2.28. The second-order valence-electron chi connectivity index (χ2n) is 13.3. The van der Waals surface area contributed by atoms with Gasteiger partial charge >= 0.3 is 0 Å². The van der Waals surface area contributed by atoms with Crippen LogP contribution < -0.4 is 9.80 Å². The Balaban J connectivity index is 0.00000397. The predicted molar refractivity (Wildman–Crippen MR) is 219 cm³/mol. The largest absolute Gasteiger partial charge is 0.472 e. The Kier molecular flexibility index (Phi) is 8.97. The van der Waals surface area contributed by atoms with Crippen LogP contribution in [0.25, 0.3) is 38.8 Å². The van der Waals surface area contributed by atoms with E-state index in [-0.39, 0.29) is 21.1 Å². The molecule has 0 radical (unpaired) electrons. The van der Waals surface area contributed by atoms with Crippen molar-refractivity contribution in [2.75, 3.05) is 9.80 Å². The van der Waals surface area contributed by atoms with Crippen LogP contribution in [0.15, 0.2) is 176 Å². The van der Waals surface area contributed by atoms with E-state index in [9.17, 15) is 0 Å². The maximum absolute atomic E-state index is 4.86. The summed E-state index contributed by atoms with van der Waals surface area (Å²) in [4.78, 5) is 14.0. The number of nitrogens with zero attached hydrogens (tertiary/aromatic N) is 6. The fourth-order valence-electron chi connectivity index (χ4n) is 7.62. The van der Waals surface area contributed by atoms with Crippen LogP contribution in [-0.4, -0.2) is 19.1 Å². The van der Waals surface area contributed by atoms with E-state index in [0.29, 0.717) is 0 Å². The van der Waals surface area contributed by atoms with Gasteiger partial charge in [0.2, 0.25) is 0 Å². The van der Waals surface area contributed by atoms with Gasteiger partial charge in [0.05, 0.1) is 6.33 Å². The predicted octanol–water partition coefficient (Wildman–Crippen LogP) is 10.9. The molecule has 4 heterocycles. The molecule has 10 rings (SSSR count). The number of aromatic nitrogens is 4. The third-order valence-corrected chi connectivity index (χ3v) is 10.0. The summed E-state index contributed by atoms with van der Waals surface area (Å²) in [5.74, 6) is 2.69. The summed E-state index contributed by atoms with van der Waals surface area (Å²) in [5.41, 5.74) is 10.2. The van der Waals surface area contributed by atoms with Crippen molar-refractivity contribution in [3.63, 3.8) is 0 Å². The van der Waals surface area contributed by atoms with Gasteiger partial charge in [-0.2, -0.15) is 0 Å². The molecule has 1 aliphatic rings. The molecule has 1 aliphatic heterocycles. The molecule has 0 saturated carbocycles. The van der Waals surface area contributed by atoms with E-state index in [0.717, 1.165) is 84.0 Å². The van der Waals surface area contributed by atoms with Gasteiger partial charge in [-0.05, 0) is 57.9 Å². The minimum absolute atomic E-state index is 0. The maximum atomic E-state index is 4.86. The first kappa shape index (κ1) is 34.3. The van der Waals surface area contributed by atoms with Crippen molar-refractivity contribution in [1.82, 2.24) is 19.1 Å². The summed E-state index contributed by atoms with van der Waals surface area (Å²) >= 11 is 0. The number of para-hydroxylation sites is 2. The average Bonchev–Trinajstić information content (AvgIpc) is 3.92. The van der Waals surface area contributed by atoms with Gasteiger partial charge in [0.15, 0.2) is 0 Å². The second kappa shape index (κ2) is 14.4. The first-order valence-electron chi connectivity index (χ1n) is 18.0. The summed E-state index contributed by atoms with van der Waals surface area (Å²) in [6.07, 6.45) is 3.71. The van der Waals surface area contributed by atoms with E-state index in [1.165, 1.54) is 0 Å². The molecule has 0 N–H and O–H groups in total. The molecular formula is C48H33N6Pt-3. The molecule has 0 atom stereocenters. The molecule has 6 nitrogen and oxygen atoms in total. The van der Waals surface area contributed by atoms with Crippen LogP contribution in [0.3, 0.4) is 0 Å². The first-order chi connectivity index (χ1) is 26.7. The fourth-order valence-corrected chi connectivity index (χ4v) is 7.62. The van der Waals surface area contributed by atoms with Crippen LogP contribution >= 0.6 is 0 Å². The van der Waals surface area contributed by atoms with Crippen LogP contribution in [0.1, 0.15) is 22.3 Å².